The Labute approximate surface area is 67.5 Å². The lowest BCUT2D eigenvalue weighted by molar-refractivity contribution is 0.810. The first-order valence-electron chi connectivity index (χ1n) is 3.07. The van der Waals surface area contributed by atoms with Crippen molar-refractivity contribution in [2.75, 3.05) is 12.5 Å². The SMILES string of the molecule is CNn1ncn2ncc(Cl)c12. The Morgan fingerprint density at radius 1 is 1.55 bits per heavy atom. The van der Waals surface area contributed by atoms with Gasteiger partial charge in [-0.2, -0.15) is 14.4 Å². The molecule has 0 aliphatic heterocycles. The van der Waals surface area contributed by atoms with Crippen LogP contribution >= 0.6 is 11.6 Å². The van der Waals surface area contributed by atoms with E-state index in [1.807, 2.05) is 0 Å². The first-order valence-corrected chi connectivity index (χ1v) is 3.45. The van der Waals surface area contributed by atoms with Crippen LogP contribution in [0, 0.1) is 0 Å². The second-order valence-corrected chi connectivity index (χ2v) is 2.43. The summed E-state index contributed by atoms with van der Waals surface area (Å²) in [6.45, 7) is 0. The van der Waals surface area contributed by atoms with Gasteiger partial charge in [0.1, 0.15) is 11.3 Å². The van der Waals surface area contributed by atoms with Crippen LogP contribution < -0.4 is 5.43 Å². The van der Waals surface area contributed by atoms with E-state index < -0.39 is 0 Å². The molecule has 0 fully saturated rings. The summed E-state index contributed by atoms with van der Waals surface area (Å²) < 4.78 is 1.60. The van der Waals surface area contributed by atoms with E-state index in [4.69, 9.17) is 11.6 Å². The Balaban J connectivity index is 2.80. The maximum absolute atomic E-state index is 5.81. The van der Waals surface area contributed by atoms with Crippen molar-refractivity contribution in [2.45, 2.75) is 0 Å². The minimum absolute atomic E-state index is 0.580. The number of nitrogens with one attached hydrogen (secondary N) is 1. The largest absolute Gasteiger partial charge is 0.311 e. The van der Waals surface area contributed by atoms with E-state index in [0.29, 0.717) is 5.02 Å². The van der Waals surface area contributed by atoms with Crippen LogP contribution in [-0.2, 0) is 0 Å². The molecule has 2 heterocycles. The molecule has 0 unspecified atom stereocenters. The molecule has 11 heavy (non-hydrogen) atoms. The lowest BCUT2D eigenvalue weighted by atomic mass is 10.7. The first kappa shape index (κ1) is 6.48. The molecule has 5 nitrogen and oxygen atoms in total. The summed E-state index contributed by atoms with van der Waals surface area (Å²) in [7, 11) is 1.76. The molecule has 0 bridgehead atoms. The van der Waals surface area contributed by atoms with Crippen LogP contribution in [0.15, 0.2) is 12.5 Å². The van der Waals surface area contributed by atoms with Crippen molar-refractivity contribution in [2.24, 2.45) is 0 Å². The molecule has 2 rings (SSSR count). The number of aromatic nitrogens is 4. The number of halogens is 1. The van der Waals surface area contributed by atoms with Crippen molar-refractivity contribution in [3.8, 4) is 0 Å². The summed E-state index contributed by atoms with van der Waals surface area (Å²) in [6, 6.07) is 0. The minimum atomic E-state index is 0.580. The molecule has 58 valence electrons. The molecule has 0 saturated carbocycles. The van der Waals surface area contributed by atoms with Crippen LogP contribution in [0.4, 0.5) is 0 Å². The molecular weight excluding hydrogens is 166 g/mol. The molecule has 2 aromatic heterocycles. The minimum Gasteiger partial charge on any atom is -0.311 e. The maximum Gasteiger partial charge on any atom is 0.194 e. The first-order chi connectivity index (χ1) is 5.33. The molecule has 0 amide bonds. The summed E-state index contributed by atoms with van der Waals surface area (Å²) in [5, 5.41) is 8.48. The van der Waals surface area contributed by atoms with Crippen LogP contribution in [0.1, 0.15) is 0 Å². The third kappa shape index (κ3) is 0.775. The molecule has 0 aliphatic rings. The summed E-state index contributed by atoms with van der Waals surface area (Å²) in [4.78, 5) is 1.55. The Morgan fingerprint density at radius 2 is 2.36 bits per heavy atom. The Bertz CT molecular complexity index is 375. The number of hydrogen-bond acceptors (Lipinski definition) is 3. The summed E-state index contributed by atoms with van der Waals surface area (Å²) in [6.07, 6.45) is 3.16. The van der Waals surface area contributed by atoms with E-state index in [0.717, 1.165) is 5.65 Å². The average molecular weight is 172 g/mol. The van der Waals surface area contributed by atoms with Gasteiger partial charge < -0.3 is 5.43 Å². The average Bonchev–Trinajstić information content (AvgIpc) is 2.54. The molecular formula is C5H6ClN5. The topological polar surface area (TPSA) is 47.2 Å². The highest BCUT2D eigenvalue weighted by Gasteiger charge is 2.06. The fraction of sp³-hybridized carbons (Fsp3) is 0.200. The summed E-state index contributed by atoms with van der Waals surface area (Å²) in [5.41, 5.74) is 3.58. The molecule has 0 saturated heterocycles. The van der Waals surface area contributed by atoms with E-state index in [-0.39, 0.29) is 0 Å². The normalized spacial score (nSPS) is 10.7. The number of rotatable bonds is 1. The summed E-state index contributed by atoms with van der Waals surface area (Å²) >= 11 is 5.81. The monoisotopic (exact) mass is 171 g/mol. The predicted octanol–water partition coefficient (Wildman–Crippen LogP) is 0.357. The van der Waals surface area contributed by atoms with E-state index in [1.54, 1.807) is 28.9 Å². The van der Waals surface area contributed by atoms with Gasteiger partial charge in [0.05, 0.1) is 6.20 Å². The molecule has 1 N–H and O–H groups in total. The quantitative estimate of drug-likeness (QED) is 0.674. The van der Waals surface area contributed by atoms with Crippen LogP contribution in [-0.4, -0.2) is 26.6 Å². The van der Waals surface area contributed by atoms with Crippen molar-refractivity contribution >= 4 is 17.2 Å². The lowest BCUT2D eigenvalue weighted by Gasteiger charge is -1.96. The van der Waals surface area contributed by atoms with Gasteiger partial charge in [-0.1, -0.05) is 11.6 Å². The fourth-order valence-electron chi connectivity index (χ4n) is 0.936. The van der Waals surface area contributed by atoms with Gasteiger partial charge in [0.15, 0.2) is 5.65 Å². The van der Waals surface area contributed by atoms with Crippen LogP contribution in [0.25, 0.3) is 5.65 Å². The van der Waals surface area contributed by atoms with Crippen LogP contribution in [0.5, 0.6) is 0 Å². The third-order valence-corrected chi connectivity index (χ3v) is 1.68. The zero-order chi connectivity index (χ0) is 7.84. The maximum atomic E-state index is 5.81. The number of fused-ring (bicyclic) bond motifs is 1. The standard InChI is InChI=1S/C5H6ClN5/c1-7-11-5-4(6)2-8-10(5)3-9-11/h2-3,7H,1H3. The zero-order valence-electron chi connectivity index (χ0n) is 5.82. The smallest absolute Gasteiger partial charge is 0.194 e. The number of nitrogens with zero attached hydrogens (tertiary/aromatic N) is 4. The second-order valence-electron chi connectivity index (χ2n) is 2.03. The Hall–Kier alpha value is -1.23. The van der Waals surface area contributed by atoms with Crippen molar-refractivity contribution in [3.05, 3.63) is 17.5 Å². The fourth-order valence-corrected chi connectivity index (χ4v) is 1.15. The van der Waals surface area contributed by atoms with E-state index in [9.17, 15) is 0 Å². The third-order valence-electron chi connectivity index (χ3n) is 1.42. The van der Waals surface area contributed by atoms with Crippen LogP contribution in [0.3, 0.4) is 0 Å². The highest BCUT2D eigenvalue weighted by atomic mass is 35.5. The molecule has 6 heteroatoms. The van der Waals surface area contributed by atoms with Gasteiger partial charge in [-0.05, 0) is 0 Å². The molecule has 0 aliphatic carbocycles. The van der Waals surface area contributed by atoms with E-state index in [2.05, 4.69) is 15.6 Å². The lowest BCUT2D eigenvalue weighted by Crippen LogP contribution is -2.09. The van der Waals surface area contributed by atoms with Gasteiger partial charge in [0, 0.05) is 7.05 Å². The van der Waals surface area contributed by atoms with Gasteiger partial charge in [0.2, 0.25) is 0 Å². The van der Waals surface area contributed by atoms with Gasteiger partial charge in [-0.15, -0.1) is 5.10 Å². The van der Waals surface area contributed by atoms with Crippen LogP contribution in [0.2, 0.25) is 5.02 Å². The molecule has 0 radical (unpaired) electrons. The molecule has 0 atom stereocenters. The molecule has 0 aromatic carbocycles. The second kappa shape index (κ2) is 2.13. The highest BCUT2D eigenvalue weighted by Crippen LogP contribution is 2.13. The van der Waals surface area contributed by atoms with E-state index >= 15 is 0 Å². The van der Waals surface area contributed by atoms with Crippen molar-refractivity contribution in [1.29, 1.82) is 0 Å². The van der Waals surface area contributed by atoms with Crippen molar-refractivity contribution in [1.82, 2.24) is 19.5 Å². The summed E-state index contributed by atoms with van der Waals surface area (Å²) in [5.74, 6) is 0. The van der Waals surface area contributed by atoms with E-state index in [1.165, 1.54) is 0 Å². The number of hydrogen-bond donors (Lipinski definition) is 1. The Morgan fingerprint density at radius 3 is 3.09 bits per heavy atom. The molecule has 0 spiro atoms. The van der Waals surface area contributed by atoms with Crippen molar-refractivity contribution in [3.63, 3.8) is 0 Å². The highest BCUT2D eigenvalue weighted by molar-refractivity contribution is 6.33. The molecule has 2 aromatic rings. The zero-order valence-corrected chi connectivity index (χ0v) is 6.58. The van der Waals surface area contributed by atoms with Gasteiger partial charge in [-0.25, -0.2) is 0 Å². The van der Waals surface area contributed by atoms with Gasteiger partial charge >= 0.3 is 0 Å². The predicted molar refractivity (Wildman–Crippen MR) is 41.3 cm³/mol. The van der Waals surface area contributed by atoms with Crippen molar-refractivity contribution < 1.29 is 0 Å². The van der Waals surface area contributed by atoms with Gasteiger partial charge in [0.25, 0.3) is 0 Å². The Kier molecular flexibility index (Phi) is 1.25. The van der Waals surface area contributed by atoms with Gasteiger partial charge in [-0.3, -0.25) is 0 Å².